The number of fused-ring (bicyclic) bond motifs is 1. The van der Waals surface area contributed by atoms with Crippen LogP contribution in [0.4, 0.5) is 5.69 Å². The Hall–Kier alpha value is -3.20. The van der Waals surface area contributed by atoms with Crippen molar-refractivity contribution in [2.45, 2.75) is 0 Å². The van der Waals surface area contributed by atoms with E-state index in [1.54, 1.807) is 24.3 Å². The molecule has 8 nitrogen and oxygen atoms in total. The molecule has 25 heavy (non-hydrogen) atoms. The molecular weight excluding hydrogens is 394 g/mol. The van der Waals surface area contributed by atoms with Gasteiger partial charge in [0, 0.05) is 21.5 Å². The summed E-state index contributed by atoms with van der Waals surface area (Å²) in [5.41, 5.74) is 2.45. The van der Waals surface area contributed by atoms with Gasteiger partial charge in [-0.2, -0.15) is 5.10 Å². The van der Waals surface area contributed by atoms with Crippen LogP contribution < -0.4 is 5.43 Å². The maximum Gasteiger partial charge on any atom is 0.311 e. The van der Waals surface area contributed by atoms with Crippen LogP contribution in [-0.4, -0.2) is 22.2 Å². The Kier molecular flexibility index (Phi) is 4.48. The third-order valence-corrected chi connectivity index (χ3v) is 3.81. The normalized spacial score (nSPS) is 11.1. The van der Waals surface area contributed by atoms with Crippen molar-refractivity contribution < 1.29 is 19.2 Å². The van der Waals surface area contributed by atoms with Crippen molar-refractivity contribution in [3.63, 3.8) is 0 Å². The van der Waals surface area contributed by atoms with Gasteiger partial charge < -0.3 is 9.52 Å². The highest BCUT2D eigenvalue weighted by atomic mass is 79.9. The molecule has 0 aliphatic rings. The Balaban J connectivity index is 1.76. The highest BCUT2D eigenvalue weighted by Crippen LogP contribution is 2.28. The maximum atomic E-state index is 12.0. The van der Waals surface area contributed by atoms with Gasteiger partial charge >= 0.3 is 11.6 Å². The van der Waals surface area contributed by atoms with Gasteiger partial charge in [0.15, 0.2) is 5.76 Å². The zero-order valence-corrected chi connectivity index (χ0v) is 14.1. The van der Waals surface area contributed by atoms with Gasteiger partial charge in [-0.1, -0.05) is 22.0 Å². The Morgan fingerprint density at radius 1 is 1.32 bits per heavy atom. The number of para-hydroxylation sites is 1. The lowest BCUT2D eigenvalue weighted by Gasteiger charge is -1.99. The number of phenolic OH excluding ortho intramolecular Hbond substituents is 1. The number of amides is 1. The Morgan fingerprint density at radius 2 is 2.12 bits per heavy atom. The Labute approximate surface area is 149 Å². The van der Waals surface area contributed by atoms with E-state index in [9.17, 15) is 20.0 Å². The second-order valence-electron chi connectivity index (χ2n) is 4.96. The average Bonchev–Trinajstić information content (AvgIpc) is 2.99. The van der Waals surface area contributed by atoms with Gasteiger partial charge in [-0.15, -0.1) is 0 Å². The molecule has 0 aliphatic carbocycles. The second kappa shape index (κ2) is 6.73. The molecular formula is C16H10BrN3O5. The van der Waals surface area contributed by atoms with Gasteiger partial charge in [-0.05, 0) is 30.3 Å². The van der Waals surface area contributed by atoms with Crippen LogP contribution in [0, 0.1) is 10.1 Å². The van der Waals surface area contributed by atoms with Crippen molar-refractivity contribution >= 4 is 44.7 Å². The molecule has 0 radical (unpaired) electrons. The van der Waals surface area contributed by atoms with Gasteiger partial charge in [0.05, 0.1) is 11.1 Å². The molecule has 0 fully saturated rings. The molecule has 0 saturated heterocycles. The quantitative estimate of drug-likeness (QED) is 0.392. The third-order valence-electron chi connectivity index (χ3n) is 3.31. The number of hydrogen-bond donors (Lipinski definition) is 2. The number of nitrogens with zero attached hydrogens (tertiary/aromatic N) is 2. The van der Waals surface area contributed by atoms with Crippen molar-refractivity contribution in [1.82, 2.24) is 5.43 Å². The zero-order chi connectivity index (χ0) is 18.0. The molecule has 3 aromatic rings. The summed E-state index contributed by atoms with van der Waals surface area (Å²) in [6.07, 6.45) is 1.11. The molecule has 0 spiro atoms. The molecule has 1 aromatic heterocycles. The molecule has 3 rings (SSSR count). The molecule has 0 bridgehead atoms. The van der Waals surface area contributed by atoms with E-state index in [0.717, 1.165) is 22.1 Å². The molecule has 0 atom stereocenters. The van der Waals surface area contributed by atoms with Gasteiger partial charge in [0.1, 0.15) is 5.58 Å². The van der Waals surface area contributed by atoms with Gasteiger partial charge in [0.2, 0.25) is 5.75 Å². The van der Waals surface area contributed by atoms with Crippen molar-refractivity contribution in [3.8, 4) is 5.75 Å². The fourth-order valence-corrected chi connectivity index (χ4v) is 2.52. The second-order valence-corrected chi connectivity index (χ2v) is 5.88. The number of phenols is 1. The molecule has 2 N–H and O–H groups in total. The minimum Gasteiger partial charge on any atom is -0.502 e. The standard InChI is InChI=1S/C16H10BrN3O5/c17-11-4-5-13-10(6-11)7-14(25-13)16(22)19-18-8-9-2-1-3-12(15(9)21)20(23)24/h1-8,21H,(H,19,22)/b18-8+. The topological polar surface area (TPSA) is 118 Å². The van der Waals surface area contributed by atoms with Crippen molar-refractivity contribution in [3.05, 3.63) is 68.4 Å². The van der Waals surface area contributed by atoms with Crippen molar-refractivity contribution in [2.24, 2.45) is 5.10 Å². The van der Waals surface area contributed by atoms with Gasteiger partial charge in [-0.3, -0.25) is 14.9 Å². The smallest absolute Gasteiger partial charge is 0.311 e. The third kappa shape index (κ3) is 3.50. The number of hydrogen-bond acceptors (Lipinski definition) is 6. The number of nitro benzene ring substituents is 1. The first-order valence-electron chi connectivity index (χ1n) is 6.94. The number of furan rings is 1. The number of aromatic hydroxyl groups is 1. The summed E-state index contributed by atoms with van der Waals surface area (Å²) in [6.45, 7) is 0. The fraction of sp³-hybridized carbons (Fsp3) is 0. The number of hydrazone groups is 1. The molecule has 1 heterocycles. The van der Waals surface area contributed by atoms with Crippen LogP contribution >= 0.6 is 15.9 Å². The van der Waals surface area contributed by atoms with E-state index in [4.69, 9.17) is 4.42 Å². The number of nitro groups is 1. The van der Waals surface area contributed by atoms with E-state index in [1.807, 2.05) is 0 Å². The molecule has 9 heteroatoms. The monoisotopic (exact) mass is 403 g/mol. The summed E-state index contributed by atoms with van der Waals surface area (Å²) >= 11 is 3.33. The first-order valence-corrected chi connectivity index (χ1v) is 7.74. The minimum atomic E-state index is -0.711. The molecule has 0 saturated carbocycles. The number of nitrogens with one attached hydrogen (secondary N) is 1. The maximum absolute atomic E-state index is 12.0. The van der Waals surface area contributed by atoms with Crippen LogP contribution in [0.5, 0.6) is 5.75 Å². The summed E-state index contributed by atoms with van der Waals surface area (Å²) in [5, 5.41) is 25.0. The van der Waals surface area contributed by atoms with E-state index < -0.39 is 22.3 Å². The molecule has 0 aliphatic heterocycles. The minimum absolute atomic E-state index is 0.0634. The average molecular weight is 404 g/mol. The summed E-state index contributed by atoms with van der Waals surface area (Å²) in [6, 6.07) is 10.9. The number of benzene rings is 2. The van der Waals surface area contributed by atoms with Crippen LogP contribution in [0.25, 0.3) is 11.0 Å². The summed E-state index contributed by atoms with van der Waals surface area (Å²) in [4.78, 5) is 22.1. The van der Waals surface area contributed by atoms with E-state index in [0.29, 0.717) is 5.58 Å². The van der Waals surface area contributed by atoms with E-state index >= 15 is 0 Å². The SMILES string of the molecule is O=C(N/N=C/c1cccc([N+](=O)[O-])c1O)c1cc2cc(Br)ccc2o1. The largest absolute Gasteiger partial charge is 0.502 e. The van der Waals surface area contributed by atoms with Gasteiger partial charge in [0.25, 0.3) is 0 Å². The van der Waals surface area contributed by atoms with Gasteiger partial charge in [-0.25, -0.2) is 5.43 Å². The molecule has 1 amide bonds. The van der Waals surface area contributed by atoms with Crippen LogP contribution in [0.3, 0.4) is 0 Å². The highest BCUT2D eigenvalue weighted by Gasteiger charge is 2.15. The van der Waals surface area contributed by atoms with Crippen LogP contribution in [0.15, 0.2) is 56.5 Å². The lowest BCUT2D eigenvalue weighted by molar-refractivity contribution is -0.385. The van der Waals surface area contributed by atoms with E-state index in [-0.39, 0.29) is 11.3 Å². The lowest BCUT2D eigenvalue weighted by Crippen LogP contribution is -2.16. The molecule has 0 unspecified atom stereocenters. The fourth-order valence-electron chi connectivity index (χ4n) is 2.14. The molecule has 2 aromatic carbocycles. The predicted molar refractivity (Wildman–Crippen MR) is 93.7 cm³/mol. The Bertz CT molecular complexity index is 1010. The van der Waals surface area contributed by atoms with Crippen LogP contribution in [0.1, 0.15) is 16.1 Å². The predicted octanol–water partition coefficient (Wildman–Crippen LogP) is 3.57. The van der Waals surface area contributed by atoms with Crippen molar-refractivity contribution in [2.75, 3.05) is 0 Å². The first kappa shape index (κ1) is 16.7. The molecule has 126 valence electrons. The Morgan fingerprint density at radius 3 is 2.88 bits per heavy atom. The van der Waals surface area contributed by atoms with Crippen LogP contribution in [-0.2, 0) is 0 Å². The number of rotatable bonds is 4. The van der Waals surface area contributed by atoms with E-state index in [2.05, 4.69) is 26.5 Å². The number of carbonyl (C=O) groups is 1. The van der Waals surface area contributed by atoms with E-state index in [1.165, 1.54) is 12.1 Å². The zero-order valence-electron chi connectivity index (χ0n) is 12.5. The van der Waals surface area contributed by atoms with Crippen molar-refractivity contribution in [1.29, 1.82) is 0 Å². The number of halogens is 1. The lowest BCUT2D eigenvalue weighted by atomic mass is 10.2. The summed E-state index contributed by atoms with van der Waals surface area (Å²) in [5.74, 6) is -1.05. The highest BCUT2D eigenvalue weighted by molar-refractivity contribution is 9.10. The first-order chi connectivity index (χ1) is 12.0. The summed E-state index contributed by atoms with van der Waals surface area (Å²) < 4.78 is 6.27. The number of carbonyl (C=O) groups excluding carboxylic acids is 1. The summed E-state index contributed by atoms with van der Waals surface area (Å²) in [7, 11) is 0. The van der Waals surface area contributed by atoms with Crippen LogP contribution in [0.2, 0.25) is 0 Å².